The SMILES string of the molecule is BC1C[C@@H](OC(F)(F)N=[N+]=[N-])C(COP(=O)(O)OP(=O)(O)OP(=O)(O)O)O1. The van der Waals surface area contributed by atoms with Gasteiger partial charge in [-0.2, -0.15) is 17.4 Å². The first-order valence-electron chi connectivity index (χ1n) is 6.60. The Morgan fingerprint density at radius 2 is 1.81 bits per heavy atom. The summed E-state index contributed by atoms with van der Waals surface area (Å²) in [5.74, 6) is 0. The number of nitrogens with zero attached hydrogens (tertiary/aromatic N) is 3. The van der Waals surface area contributed by atoms with E-state index < -0.39 is 54.5 Å². The number of phosphoric ester groups is 1. The van der Waals surface area contributed by atoms with Crippen molar-refractivity contribution in [2.45, 2.75) is 30.9 Å². The Balaban J connectivity index is 2.73. The van der Waals surface area contributed by atoms with Gasteiger partial charge >= 0.3 is 29.7 Å². The molecule has 1 aliphatic rings. The van der Waals surface area contributed by atoms with Crippen molar-refractivity contribution >= 4 is 31.3 Å². The Kier molecular flexibility index (Phi) is 8.14. The van der Waals surface area contributed by atoms with Crippen LogP contribution in [0.15, 0.2) is 5.11 Å². The average molecular weight is 461 g/mol. The molecule has 0 aromatic heterocycles. The van der Waals surface area contributed by atoms with Gasteiger partial charge in [0.2, 0.25) is 0 Å². The summed E-state index contributed by atoms with van der Waals surface area (Å²) in [7, 11) is -15.3. The normalized spacial score (nSPS) is 28.1. The zero-order valence-electron chi connectivity index (χ0n) is 13.1. The first-order valence-corrected chi connectivity index (χ1v) is 11.1. The summed E-state index contributed by atoms with van der Waals surface area (Å²) < 4.78 is 80.3. The Morgan fingerprint density at radius 3 is 2.33 bits per heavy atom. The number of rotatable bonds is 10. The molecule has 156 valence electrons. The van der Waals surface area contributed by atoms with E-state index in [9.17, 15) is 27.4 Å². The highest BCUT2D eigenvalue weighted by molar-refractivity contribution is 7.66. The van der Waals surface area contributed by atoms with Gasteiger partial charge in [0.25, 0.3) is 0 Å². The summed E-state index contributed by atoms with van der Waals surface area (Å²) in [5, 5.41) is 2.11. The van der Waals surface area contributed by atoms with Crippen LogP contribution in [0.3, 0.4) is 0 Å². The topological polar surface area (TPSA) is 227 Å². The van der Waals surface area contributed by atoms with E-state index in [1.165, 1.54) is 7.85 Å². The number of phosphoric acid groups is 3. The third-order valence-corrected chi connectivity index (χ3v) is 6.46. The molecule has 0 bridgehead atoms. The van der Waals surface area contributed by atoms with Crippen molar-refractivity contribution in [3.05, 3.63) is 10.4 Å². The van der Waals surface area contributed by atoms with E-state index in [2.05, 4.69) is 23.0 Å². The monoisotopic (exact) mass is 461 g/mol. The van der Waals surface area contributed by atoms with E-state index in [0.717, 1.165) is 0 Å². The number of ether oxygens (including phenoxy) is 2. The van der Waals surface area contributed by atoms with Crippen molar-refractivity contribution in [2.75, 3.05) is 6.61 Å². The fourth-order valence-corrected chi connectivity index (χ4v) is 4.95. The van der Waals surface area contributed by atoms with Gasteiger partial charge in [0.1, 0.15) is 14.0 Å². The van der Waals surface area contributed by atoms with Crippen LogP contribution >= 0.6 is 23.5 Å². The molecule has 0 aromatic rings. The molecule has 1 fully saturated rings. The predicted molar refractivity (Wildman–Crippen MR) is 80.6 cm³/mol. The molecule has 5 atom stereocenters. The van der Waals surface area contributed by atoms with Gasteiger partial charge in [-0.05, 0) is 12.0 Å². The summed E-state index contributed by atoms with van der Waals surface area (Å²) >= 11 is 0. The second-order valence-electron chi connectivity index (χ2n) is 4.94. The molecule has 0 aromatic carbocycles. The molecular weight excluding hydrogens is 448 g/mol. The van der Waals surface area contributed by atoms with Gasteiger partial charge < -0.3 is 29.0 Å². The molecule has 1 rings (SSSR count). The minimum Gasteiger partial charge on any atom is -0.379 e. The Bertz CT molecular complexity index is 729. The maximum atomic E-state index is 13.2. The molecular formula is C6H13BF2N3O12P3. The molecule has 1 saturated heterocycles. The summed E-state index contributed by atoms with van der Waals surface area (Å²) in [6.45, 7) is -0.981. The third kappa shape index (κ3) is 9.55. The van der Waals surface area contributed by atoms with Crippen molar-refractivity contribution in [1.29, 1.82) is 0 Å². The lowest BCUT2D eigenvalue weighted by Gasteiger charge is -2.23. The maximum Gasteiger partial charge on any atom is 0.490 e. The van der Waals surface area contributed by atoms with Gasteiger partial charge in [-0.3, -0.25) is 4.52 Å². The van der Waals surface area contributed by atoms with Crippen LogP contribution in [0.25, 0.3) is 10.4 Å². The minimum absolute atomic E-state index is 0.152. The summed E-state index contributed by atoms with van der Waals surface area (Å²) in [5.41, 5.74) is 8.03. The predicted octanol–water partition coefficient (Wildman–Crippen LogP) is 0.324. The first kappa shape index (κ1) is 24.6. The highest BCUT2D eigenvalue weighted by atomic mass is 31.3. The third-order valence-electron chi connectivity index (χ3n) is 2.66. The fourth-order valence-electron chi connectivity index (χ4n) is 1.92. The lowest BCUT2D eigenvalue weighted by molar-refractivity contribution is -0.265. The van der Waals surface area contributed by atoms with Crippen molar-refractivity contribution in [3.63, 3.8) is 0 Å². The average Bonchev–Trinajstić information content (AvgIpc) is 2.71. The maximum absolute atomic E-state index is 13.2. The van der Waals surface area contributed by atoms with E-state index in [-0.39, 0.29) is 6.42 Å². The Morgan fingerprint density at radius 1 is 1.22 bits per heavy atom. The molecule has 0 radical (unpaired) electrons. The van der Waals surface area contributed by atoms with E-state index in [1.807, 2.05) is 4.91 Å². The summed E-state index contributed by atoms with van der Waals surface area (Å²) in [4.78, 5) is 37.0. The molecule has 15 nitrogen and oxygen atoms in total. The number of azide groups is 1. The van der Waals surface area contributed by atoms with Gasteiger partial charge in [-0.25, -0.2) is 13.7 Å². The van der Waals surface area contributed by atoms with Crippen molar-refractivity contribution in [2.24, 2.45) is 5.11 Å². The highest BCUT2D eigenvalue weighted by Gasteiger charge is 2.44. The van der Waals surface area contributed by atoms with Gasteiger partial charge in [-0.1, -0.05) is 0 Å². The minimum atomic E-state index is -5.72. The Hall–Kier alpha value is -0.435. The molecule has 27 heavy (non-hydrogen) atoms. The van der Waals surface area contributed by atoms with Crippen LogP contribution in [0.2, 0.25) is 0 Å². The van der Waals surface area contributed by atoms with E-state index in [4.69, 9.17) is 24.9 Å². The molecule has 4 N–H and O–H groups in total. The fraction of sp³-hybridized carbons (Fsp3) is 1.00. The van der Waals surface area contributed by atoms with Crippen LogP contribution in [0.5, 0.6) is 0 Å². The van der Waals surface area contributed by atoms with Crippen molar-refractivity contribution in [3.8, 4) is 0 Å². The summed E-state index contributed by atoms with van der Waals surface area (Å²) in [6, 6.07) is -0.675. The standard InChI is InChI=1S/C6H13BF2N3O12P3/c7-5-1-3(22-6(8,9)11-12-10)4(21-5)2-20-26(16,17)24-27(18,19)23-25(13,14)15/h3-5H,1-2,7H2,(H,16,17)(H,18,19)(H2,13,14,15)/t3-,4?,5?/m1/s1. The molecule has 4 unspecified atom stereocenters. The molecule has 0 saturated carbocycles. The van der Waals surface area contributed by atoms with Crippen LogP contribution in [-0.2, 0) is 36.3 Å². The van der Waals surface area contributed by atoms with Crippen molar-refractivity contribution < 1.29 is 64.7 Å². The lowest BCUT2D eigenvalue weighted by Crippen LogP contribution is -2.34. The quantitative estimate of drug-likeness (QED) is 0.0862. The van der Waals surface area contributed by atoms with Crippen LogP contribution in [0.1, 0.15) is 6.42 Å². The van der Waals surface area contributed by atoms with Crippen LogP contribution in [0.4, 0.5) is 8.78 Å². The second kappa shape index (κ2) is 8.93. The Labute approximate surface area is 150 Å². The number of hydrogen-bond acceptors (Lipinski definition) is 9. The molecule has 0 spiro atoms. The van der Waals surface area contributed by atoms with E-state index >= 15 is 0 Å². The van der Waals surface area contributed by atoms with E-state index in [1.54, 1.807) is 0 Å². The number of halogens is 2. The molecule has 0 amide bonds. The smallest absolute Gasteiger partial charge is 0.379 e. The molecule has 1 heterocycles. The molecule has 0 aliphatic carbocycles. The number of alkyl halides is 2. The number of hydrogen-bond donors (Lipinski definition) is 4. The lowest BCUT2D eigenvalue weighted by atomic mass is 9.96. The van der Waals surface area contributed by atoms with Gasteiger partial charge in [-0.15, -0.1) is 0 Å². The van der Waals surface area contributed by atoms with Crippen LogP contribution in [-0.4, -0.2) is 58.5 Å². The van der Waals surface area contributed by atoms with Gasteiger partial charge in [0.15, 0.2) is 0 Å². The van der Waals surface area contributed by atoms with Gasteiger partial charge in [0.05, 0.1) is 12.7 Å². The van der Waals surface area contributed by atoms with E-state index in [0.29, 0.717) is 0 Å². The second-order valence-corrected chi connectivity index (χ2v) is 9.36. The van der Waals surface area contributed by atoms with Crippen molar-refractivity contribution in [1.82, 2.24) is 0 Å². The molecule has 21 heteroatoms. The largest absolute Gasteiger partial charge is 0.490 e. The summed E-state index contributed by atoms with van der Waals surface area (Å²) in [6.07, 6.45) is -7.28. The molecule has 1 aliphatic heterocycles. The zero-order valence-corrected chi connectivity index (χ0v) is 15.8. The van der Waals surface area contributed by atoms with Crippen LogP contribution in [0, 0.1) is 0 Å². The highest BCUT2D eigenvalue weighted by Crippen LogP contribution is 2.66. The van der Waals surface area contributed by atoms with Crippen LogP contribution < -0.4 is 0 Å². The zero-order chi connectivity index (χ0) is 21.1. The van der Waals surface area contributed by atoms with Gasteiger partial charge in [0, 0.05) is 16.0 Å². The first-order chi connectivity index (χ1) is 12.0.